The average Bonchev–Trinajstić information content (AvgIpc) is 2.30. The van der Waals surface area contributed by atoms with Gasteiger partial charge < -0.3 is 4.74 Å². The van der Waals surface area contributed by atoms with Crippen LogP contribution in [0.1, 0.15) is 12.5 Å². The number of halogens is 1. The van der Waals surface area contributed by atoms with Crippen LogP contribution >= 0.6 is 11.6 Å². The zero-order valence-corrected chi connectivity index (χ0v) is 11.4. The molecule has 7 heteroatoms. The first kappa shape index (κ1) is 14.9. The molecular formula is C11H14ClNO4S. The van der Waals surface area contributed by atoms with Crippen LogP contribution in [0.4, 0.5) is 0 Å². The van der Waals surface area contributed by atoms with Crippen molar-refractivity contribution in [2.24, 2.45) is 0 Å². The lowest BCUT2D eigenvalue weighted by atomic mass is 10.2. The summed E-state index contributed by atoms with van der Waals surface area (Å²) < 4.78 is 30.1. The maximum Gasteiger partial charge on any atom is 0.320 e. The number of esters is 1. The highest BCUT2D eigenvalue weighted by Crippen LogP contribution is 2.16. The fourth-order valence-electron chi connectivity index (χ4n) is 1.25. The van der Waals surface area contributed by atoms with E-state index >= 15 is 0 Å². The summed E-state index contributed by atoms with van der Waals surface area (Å²) in [4.78, 5) is 11.0. The van der Waals surface area contributed by atoms with E-state index in [4.69, 9.17) is 11.6 Å². The molecule has 0 heterocycles. The van der Waals surface area contributed by atoms with Crippen LogP contribution in [0.5, 0.6) is 0 Å². The molecule has 0 amide bonds. The van der Waals surface area contributed by atoms with Crippen molar-refractivity contribution in [2.75, 3.05) is 13.2 Å². The number of carbonyl (C=O) groups is 1. The molecule has 18 heavy (non-hydrogen) atoms. The Balaban J connectivity index is 2.60. The van der Waals surface area contributed by atoms with E-state index in [0.717, 1.165) is 0 Å². The van der Waals surface area contributed by atoms with Gasteiger partial charge in [-0.2, -0.15) is 0 Å². The minimum atomic E-state index is -3.61. The highest BCUT2D eigenvalue weighted by molar-refractivity contribution is 7.88. The predicted molar refractivity (Wildman–Crippen MR) is 68.7 cm³/mol. The molecule has 1 aromatic rings. The lowest BCUT2D eigenvalue weighted by molar-refractivity contribution is -0.141. The number of hydrogen-bond donors (Lipinski definition) is 1. The lowest BCUT2D eigenvalue weighted by Gasteiger charge is -2.07. The predicted octanol–water partition coefficient (Wildman–Crippen LogP) is 1.32. The molecule has 0 aliphatic carbocycles. The van der Waals surface area contributed by atoms with Crippen LogP contribution in [-0.4, -0.2) is 27.5 Å². The van der Waals surface area contributed by atoms with Gasteiger partial charge in [-0.15, -0.1) is 0 Å². The Hall–Kier alpha value is -1.11. The molecule has 1 N–H and O–H groups in total. The van der Waals surface area contributed by atoms with Gasteiger partial charge >= 0.3 is 5.97 Å². The highest BCUT2D eigenvalue weighted by Gasteiger charge is 2.15. The number of nitrogens with one attached hydrogen (secondary N) is 1. The Morgan fingerprint density at radius 1 is 1.39 bits per heavy atom. The minimum Gasteiger partial charge on any atom is -0.465 e. The van der Waals surface area contributed by atoms with Crippen LogP contribution in [0.3, 0.4) is 0 Å². The van der Waals surface area contributed by atoms with Crippen molar-refractivity contribution < 1.29 is 17.9 Å². The lowest BCUT2D eigenvalue weighted by Crippen LogP contribution is -2.31. The van der Waals surface area contributed by atoms with Crippen molar-refractivity contribution in [2.45, 2.75) is 12.7 Å². The number of carbonyl (C=O) groups excluding carboxylic acids is 1. The fourth-order valence-corrected chi connectivity index (χ4v) is 2.63. The number of rotatable bonds is 6. The van der Waals surface area contributed by atoms with Gasteiger partial charge in [0.15, 0.2) is 0 Å². The van der Waals surface area contributed by atoms with Gasteiger partial charge in [0.2, 0.25) is 10.0 Å². The zero-order chi connectivity index (χ0) is 13.6. The Morgan fingerprint density at radius 3 is 2.67 bits per heavy atom. The minimum absolute atomic E-state index is 0.213. The van der Waals surface area contributed by atoms with E-state index in [1.165, 1.54) is 0 Å². The van der Waals surface area contributed by atoms with Gasteiger partial charge in [0, 0.05) is 5.02 Å². The third-order valence-electron chi connectivity index (χ3n) is 2.05. The van der Waals surface area contributed by atoms with E-state index < -0.39 is 16.0 Å². The van der Waals surface area contributed by atoms with Crippen LogP contribution < -0.4 is 4.72 Å². The van der Waals surface area contributed by atoms with Crippen LogP contribution in [-0.2, 0) is 25.3 Å². The fraction of sp³-hybridized carbons (Fsp3) is 0.364. The number of benzene rings is 1. The Labute approximate surface area is 111 Å². The topological polar surface area (TPSA) is 72.5 Å². The summed E-state index contributed by atoms with van der Waals surface area (Å²) >= 11 is 5.86. The van der Waals surface area contributed by atoms with Gasteiger partial charge in [0.25, 0.3) is 0 Å². The highest BCUT2D eigenvalue weighted by atomic mass is 35.5. The molecule has 0 atom stereocenters. The molecule has 5 nitrogen and oxygen atoms in total. The monoisotopic (exact) mass is 291 g/mol. The maximum atomic E-state index is 11.7. The van der Waals surface area contributed by atoms with E-state index in [-0.39, 0.29) is 18.9 Å². The summed E-state index contributed by atoms with van der Waals surface area (Å²) in [5.74, 6) is -0.883. The molecule has 0 aromatic heterocycles. The molecule has 0 saturated heterocycles. The number of sulfonamides is 1. The second kappa shape index (κ2) is 6.72. The van der Waals surface area contributed by atoms with Crippen molar-refractivity contribution >= 4 is 27.6 Å². The molecule has 0 radical (unpaired) electrons. The van der Waals surface area contributed by atoms with E-state index in [1.807, 2.05) is 0 Å². The first-order valence-electron chi connectivity index (χ1n) is 5.31. The van der Waals surface area contributed by atoms with Crippen molar-refractivity contribution in [3.8, 4) is 0 Å². The number of hydrogen-bond acceptors (Lipinski definition) is 4. The molecule has 0 fully saturated rings. The molecule has 0 unspecified atom stereocenters. The van der Waals surface area contributed by atoms with Crippen LogP contribution in [0.25, 0.3) is 0 Å². The molecule has 0 aliphatic heterocycles. The first-order valence-corrected chi connectivity index (χ1v) is 7.34. The van der Waals surface area contributed by atoms with Crippen LogP contribution in [0, 0.1) is 0 Å². The van der Waals surface area contributed by atoms with Gasteiger partial charge in [0.1, 0.15) is 6.54 Å². The summed E-state index contributed by atoms with van der Waals surface area (Å²) in [6, 6.07) is 6.64. The second-order valence-electron chi connectivity index (χ2n) is 3.48. The maximum absolute atomic E-state index is 11.7. The first-order chi connectivity index (χ1) is 8.44. The van der Waals surface area contributed by atoms with E-state index in [2.05, 4.69) is 9.46 Å². The normalized spacial score (nSPS) is 11.2. The molecule has 0 bridgehead atoms. The SMILES string of the molecule is CCOC(=O)CNS(=O)(=O)Cc1ccccc1Cl. The molecule has 100 valence electrons. The summed E-state index contributed by atoms with van der Waals surface area (Å²) in [5, 5.41) is 0.374. The largest absolute Gasteiger partial charge is 0.465 e. The molecule has 0 spiro atoms. The second-order valence-corrected chi connectivity index (χ2v) is 5.69. The van der Waals surface area contributed by atoms with Gasteiger partial charge in [0.05, 0.1) is 12.4 Å². The Morgan fingerprint density at radius 2 is 2.06 bits per heavy atom. The van der Waals surface area contributed by atoms with Crippen molar-refractivity contribution in [3.63, 3.8) is 0 Å². The molecule has 1 rings (SSSR count). The third-order valence-corrected chi connectivity index (χ3v) is 3.69. The molecular weight excluding hydrogens is 278 g/mol. The van der Waals surface area contributed by atoms with E-state index in [1.54, 1.807) is 31.2 Å². The zero-order valence-electron chi connectivity index (χ0n) is 9.85. The molecule has 1 aromatic carbocycles. The van der Waals surface area contributed by atoms with Crippen molar-refractivity contribution in [1.82, 2.24) is 4.72 Å². The number of ether oxygens (including phenoxy) is 1. The van der Waals surface area contributed by atoms with Gasteiger partial charge in [-0.1, -0.05) is 29.8 Å². The van der Waals surface area contributed by atoms with Gasteiger partial charge in [-0.3, -0.25) is 4.79 Å². The molecule has 0 aliphatic rings. The van der Waals surface area contributed by atoms with Gasteiger partial charge in [-0.25, -0.2) is 13.1 Å². The summed E-state index contributed by atoms with van der Waals surface area (Å²) in [6.45, 7) is 1.49. The Bertz CT molecular complexity index is 516. The summed E-state index contributed by atoms with van der Waals surface area (Å²) in [7, 11) is -3.61. The summed E-state index contributed by atoms with van der Waals surface area (Å²) in [6.07, 6.45) is 0. The standard InChI is InChI=1S/C11H14ClNO4S/c1-2-17-11(14)7-13-18(15,16)8-9-5-3-4-6-10(9)12/h3-6,13H,2,7-8H2,1H3. The van der Waals surface area contributed by atoms with Crippen molar-refractivity contribution in [1.29, 1.82) is 0 Å². The quantitative estimate of drug-likeness (QED) is 0.803. The smallest absolute Gasteiger partial charge is 0.320 e. The summed E-state index contributed by atoms with van der Waals surface area (Å²) in [5.41, 5.74) is 0.482. The van der Waals surface area contributed by atoms with E-state index in [9.17, 15) is 13.2 Å². The average molecular weight is 292 g/mol. The van der Waals surface area contributed by atoms with E-state index in [0.29, 0.717) is 10.6 Å². The Kier molecular flexibility index (Phi) is 5.58. The van der Waals surface area contributed by atoms with Crippen LogP contribution in [0.2, 0.25) is 5.02 Å². The third kappa shape index (κ3) is 5.03. The molecule has 0 saturated carbocycles. The van der Waals surface area contributed by atoms with Crippen LogP contribution in [0.15, 0.2) is 24.3 Å². The van der Waals surface area contributed by atoms with Crippen molar-refractivity contribution in [3.05, 3.63) is 34.9 Å². The van der Waals surface area contributed by atoms with Gasteiger partial charge in [-0.05, 0) is 18.6 Å².